The van der Waals surface area contributed by atoms with E-state index in [-0.39, 0.29) is 0 Å². The van der Waals surface area contributed by atoms with Crippen LogP contribution in [0.4, 0.5) is 5.69 Å². The van der Waals surface area contributed by atoms with E-state index in [1.807, 2.05) is 29.8 Å². The second kappa shape index (κ2) is 5.97. The van der Waals surface area contributed by atoms with Gasteiger partial charge in [0.1, 0.15) is 5.75 Å². The average molecular weight is 280 g/mol. The maximum Gasteiger partial charge on any atom is 0.121 e. The van der Waals surface area contributed by atoms with Crippen LogP contribution in [0.1, 0.15) is 18.3 Å². The van der Waals surface area contributed by atoms with E-state index in [0.717, 1.165) is 29.4 Å². The van der Waals surface area contributed by atoms with Gasteiger partial charge in [0, 0.05) is 12.6 Å². The molecule has 1 heterocycles. The van der Waals surface area contributed by atoms with E-state index in [1.165, 1.54) is 0 Å². The highest BCUT2D eigenvalue weighted by Crippen LogP contribution is 2.27. The molecule has 5 heteroatoms. The number of nitrogens with zero attached hydrogens (tertiary/aromatic N) is 2. The Bertz CT molecular complexity index is 566. The summed E-state index contributed by atoms with van der Waals surface area (Å²) in [5.74, 6) is 0.784. The zero-order valence-corrected chi connectivity index (χ0v) is 12.2. The lowest BCUT2D eigenvalue weighted by atomic mass is 10.3. The molecule has 0 unspecified atom stereocenters. The highest BCUT2D eigenvalue weighted by atomic mass is 35.5. The van der Waals surface area contributed by atoms with Crippen LogP contribution in [0.2, 0.25) is 5.02 Å². The molecule has 0 fully saturated rings. The van der Waals surface area contributed by atoms with Crippen LogP contribution in [0.25, 0.3) is 0 Å². The first-order valence-corrected chi connectivity index (χ1v) is 6.62. The molecular formula is C14H18ClN3O. The zero-order valence-electron chi connectivity index (χ0n) is 11.4. The molecule has 0 saturated carbocycles. The van der Waals surface area contributed by atoms with Crippen LogP contribution in [0.15, 0.2) is 24.3 Å². The largest absolute Gasteiger partial charge is 0.497 e. The standard InChI is InChI=1S/C14H18ClN3O/c1-4-18-11(7-10(2)17-18)9-16-14-8-12(19-3)5-6-13(14)15/h5-8,16H,4,9H2,1-3H3. The van der Waals surface area contributed by atoms with Crippen molar-refractivity contribution in [3.63, 3.8) is 0 Å². The monoisotopic (exact) mass is 279 g/mol. The number of hydrogen-bond acceptors (Lipinski definition) is 3. The fourth-order valence-electron chi connectivity index (χ4n) is 1.97. The first-order chi connectivity index (χ1) is 9.13. The van der Waals surface area contributed by atoms with Crippen LogP contribution < -0.4 is 10.1 Å². The summed E-state index contributed by atoms with van der Waals surface area (Å²) in [6.45, 7) is 5.61. The predicted octanol–water partition coefficient (Wildman–Crippen LogP) is 3.49. The lowest BCUT2D eigenvalue weighted by molar-refractivity contribution is 0.415. The summed E-state index contributed by atoms with van der Waals surface area (Å²) in [7, 11) is 1.64. The summed E-state index contributed by atoms with van der Waals surface area (Å²) in [4.78, 5) is 0. The van der Waals surface area contributed by atoms with E-state index in [1.54, 1.807) is 7.11 Å². The average Bonchev–Trinajstić information content (AvgIpc) is 2.78. The normalized spacial score (nSPS) is 10.5. The Morgan fingerprint density at radius 2 is 2.16 bits per heavy atom. The molecular weight excluding hydrogens is 262 g/mol. The molecule has 1 aromatic carbocycles. The molecule has 0 aliphatic carbocycles. The van der Waals surface area contributed by atoms with E-state index in [2.05, 4.69) is 23.4 Å². The number of anilines is 1. The van der Waals surface area contributed by atoms with Crippen molar-refractivity contribution in [3.05, 3.63) is 40.7 Å². The molecule has 2 aromatic rings. The first-order valence-electron chi connectivity index (χ1n) is 6.24. The molecule has 2 rings (SSSR count). The molecule has 0 amide bonds. The number of aryl methyl sites for hydroxylation is 2. The first kappa shape index (κ1) is 13.7. The fraction of sp³-hybridized carbons (Fsp3) is 0.357. The van der Waals surface area contributed by atoms with Gasteiger partial charge in [-0.2, -0.15) is 5.10 Å². The van der Waals surface area contributed by atoms with Gasteiger partial charge in [-0.05, 0) is 32.0 Å². The Balaban J connectivity index is 2.13. The van der Waals surface area contributed by atoms with Gasteiger partial charge in [0.25, 0.3) is 0 Å². The Morgan fingerprint density at radius 3 is 2.84 bits per heavy atom. The van der Waals surface area contributed by atoms with Gasteiger partial charge < -0.3 is 10.1 Å². The number of rotatable bonds is 5. The van der Waals surface area contributed by atoms with E-state index < -0.39 is 0 Å². The number of nitrogens with one attached hydrogen (secondary N) is 1. The van der Waals surface area contributed by atoms with E-state index in [9.17, 15) is 0 Å². The molecule has 0 saturated heterocycles. The zero-order chi connectivity index (χ0) is 13.8. The van der Waals surface area contributed by atoms with Gasteiger partial charge in [0.05, 0.1) is 35.8 Å². The quantitative estimate of drug-likeness (QED) is 0.911. The number of aromatic nitrogens is 2. The summed E-state index contributed by atoms with van der Waals surface area (Å²) in [6.07, 6.45) is 0. The molecule has 0 aliphatic rings. The van der Waals surface area contributed by atoms with Crippen LogP contribution in [0.5, 0.6) is 5.75 Å². The molecule has 0 atom stereocenters. The topological polar surface area (TPSA) is 39.1 Å². The van der Waals surface area contributed by atoms with E-state index >= 15 is 0 Å². The van der Waals surface area contributed by atoms with Crippen LogP contribution in [0.3, 0.4) is 0 Å². The maximum atomic E-state index is 6.16. The van der Waals surface area contributed by atoms with Gasteiger partial charge in [-0.15, -0.1) is 0 Å². The number of halogens is 1. The number of methoxy groups -OCH3 is 1. The molecule has 0 aliphatic heterocycles. The third-order valence-electron chi connectivity index (χ3n) is 2.92. The number of benzene rings is 1. The number of ether oxygens (including phenoxy) is 1. The smallest absolute Gasteiger partial charge is 0.121 e. The molecule has 0 radical (unpaired) electrons. The highest BCUT2D eigenvalue weighted by Gasteiger charge is 2.06. The van der Waals surface area contributed by atoms with Crippen molar-refractivity contribution in [3.8, 4) is 5.75 Å². The Hall–Kier alpha value is -1.68. The predicted molar refractivity (Wildman–Crippen MR) is 78.0 cm³/mol. The molecule has 4 nitrogen and oxygen atoms in total. The van der Waals surface area contributed by atoms with Gasteiger partial charge in [0.2, 0.25) is 0 Å². The summed E-state index contributed by atoms with van der Waals surface area (Å²) in [6, 6.07) is 7.63. The van der Waals surface area contributed by atoms with Gasteiger partial charge in [0.15, 0.2) is 0 Å². The van der Waals surface area contributed by atoms with Gasteiger partial charge in [-0.3, -0.25) is 4.68 Å². The minimum Gasteiger partial charge on any atom is -0.497 e. The van der Waals surface area contributed by atoms with Crippen molar-refractivity contribution in [2.45, 2.75) is 26.9 Å². The Kier molecular flexibility index (Phi) is 4.32. The third kappa shape index (κ3) is 3.20. The summed E-state index contributed by atoms with van der Waals surface area (Å²) < 4.78 is 7.18. The van der Waals surface area contributed by atoms with Crippen molar-refractivity contribution in [1.82, 2.24) is 9.78 Å². The van der Waals surface area contributed by atoms with Gasteiger partial charge >= 0.3 is 0 Å². The maximum absolute atomic E-state index is 6.16. The van der Waals surface area contributed by atoms with Crippen LogP contribution in [0, 0.1) is 6.92 Å². The lowest BCUT2D eigenvalue weighted by Gasteiger charge is -2.11. The summed E-state index contributed by atoms with van der Waals surface area (Å²) in [5, 5.41) is 8.42. The van der Waals surface area contributed by atoms with Crippen molar-refractivity contribution in [1.29, 1.82) is 0 Å². The molecule has 1 aromatic heterocycles. The van der Waals surface area contributed by atoms with E-state index in [4.69, 9.17) is 16.3 Å². The summed E-state index contributed by atoms with van der Waals surface area (Å²) in [5.41, 5.74) is 3.02. The van der Waals surface area contributed by atoms with Crippen molar-refractivity contribution in [2.24, 2.45) is 0 Å². The number of hydrogen-bond donors (Lipinski definition) is 1. The van der Waals surface area contributed by atoms with Crippen molar-refractivity contribution < 1.29 is 4.74 Å². The molecule has 19 heavy (non-hydrogen) atoms. The second-order valence-corrected chi connectivity index (χ2v) is 4.70. The van der Waals surface area contributed by atoms with Crippen molar-refractivity contribution in [2.75, 3.05) is 12.4 Å². The molecule has 102 valence electrons. The third-order valence-corrected chi connectivity index (χ3v) is 3.25. The highest BCUT2D eigenvalue weighted by molar-refractivity contribution is 6.33. The minimum atomic E-state index is 0.681. The fourth-order valence-corrected chi connectivity index (χ4v) is 2.15. The summed E-state index contributed by atoms with van der Waals surface area (Å²) >= 11 is 6.16. The van der Waals surface area contributed by atoms with Crippen LogP contribution >= 0.6 is 11.6 Å². The minimum absolute atomic E-state index is 0.681. The molecule has 0 spiro atoms. The lowest BCUT2D eigenvalue weighted by Crippen LogP contribution is -2.08. The molecule has 0 bridgehead atoms. The van der Waals surface area contributed by atoms with Gasteiger partial charge in [-0.1, -0.05) is 11.6 Å². The SMILES string of the molecule is CCn1nc(C)cc1CNc1cc(OC)ccc1Cl. The van der Waals surface area contributed by atoms with E-state index in [0.29, 0.717) is 11.6 Å². The van der Waals surface area contributed by atoms with Crippen molar-refractivity contribution >= 4 is 17.3 Å². The molecule has 1 N–H and O–H groups in total. The van der Waals surface area contributed by atoms with Gasteiger partial charge in [-0.25, -0.2) is 0 Å². The Labute approximate surface area is 118 Å². The van der Waals surface area contributed by atoms with Crippen LogP contribution in [-0.2, 0) is 13.1 Å². The Morgan fingerprint density at radius 1 is 1.37 bits per heavy atom. The second-order valence-electron chi connectivity index (χ2n) is 4.29. The van der Waals surface area contributed by atoms with Crippen LogP contribution in [-0.4, -0.2) is 16.9 Å².